The molecule has 10 heteroatoms. The average Bonchev–Trinajstić information content (AvgIpc) is 3.67. The zero-order valence-corrected chi connectivity index (χ0v) is 26.7. The van der Waals surface area contributed by atoms with Crippen molar-refractivity contribution in [2.24, 2.45) is 16.5 Å². The molecule has 5 heterocycles. The fraction of sp³-hybridized carbons (Fsp3) is 0.517. The van der Waals surface area contributed by atoms with E-state index in [1.807, 2.05) is 0 Å². The van der Waals surface area contributed by atoms with E-state index in [2.05, 4.69) is 64.6 Å². The van der Waals surface area contributed by atoms with E-state index in [9.17, 15) is 4.79 Å². The first-order chi connectivity index (χ1) is 18.0. The van der Waals surface area contributed by atoms with Crippen molar-refractivity contribution in [1.82, 2.24) is 9.13 Å². The van der Waals surface area contributed by atoms with Crippen molar-refractivity contribution in [2.75, 3.05) is 26.7 Å². The van der Waals surface area contributed by atoms with Crippen LogP contribution in [0.1, 0.15) is 82.2 Å². The van der Waals surface area contributed by atoms with Crippen molar-refractivity contribution in [2.45, 2.75) is 71.9 Å². The van der Waals surface area contributed by atoms with Gasteiger partial charge in [-0.15, -0.1) is 0 Å². The Morgan fingerprint density at radius 2 is 1.69 bits per heavy atom. The average molecular weight is 549 g/mol. The molecule has 2 aliphatic rings. The van der Waals surface area contributed by atoms with Crippen LogP contribution in [0.25, 0.3) is 0 Å². The minimum atomic E-state index is -0.0324. The maximum Gasteiger partial charge on any atom is 1.00 e. The molecule has 0 aromatic carbocycles. The van der Waals surface area contributed by atoms with Gasteiger partial charge in [0.05, 0.1) is 17.7 Å². The van der Waals surface area contributed by atoms with Crippen LogP contribution in [0.5, 0.6) is 0 Å². The molecule has 3 aromatic rings. The molecule has 2 aliphatic heterocycles. The number of Topliss-reactive ketones (excluding diaryl/α,β-unsaturated/α-hetero) is 1. The van der Waals surface area contributed by atoms with Gasteiger partial charge in [-0.1, -0.05) is 13.3 Å². The topological polar surface area (TPSA) is 125 Å². The maximum absolute atomic E-state index is 10.4. The van der Waals surface area contributed by atoms with Crippen molar-refractivity contribution in [3.63, 3.8) is 0 Å². The Bertz CT molecular complexity index is 1020. The summed E-state index contributed by atoms with van der Waals surface area (Å²) in [5, 5.41) is 7.00. The summed E-state index contributed by atoms with van der Waals surface area (Å²) in [6.07, 6.45) is 12.0. The van der Waals surface area contributed by atoms with Crippen LogP contribution in [-0.2, 0) is 13.1 Å². The van der Waals surface area contributed by atoms with Crippen molar-refractivity contribution in [3.8, 4) is 0 Å². The molecule has 5 rings (SSSR count). The Kier molecular flexibility index (Phi) is 24.1. The normalized spacial score (nSPS) is 14.7. The Morgan fingerprint density at radius 3 is 2.26 bits per heavy atom. The predicted octanol–water partition coefficient (Wildman–Crippen LogP) is 1.60. The molecular weight excluding hydrogens is 500 g/mol. The zero-order chi connectivity index (χ0) is 27.5. The number of rotatable bonds is 3. The number of carbonyl (C=O) groups excluding carboxylic acids is 1. The quantitative estimate of drug-likeness (QED) is 0.339. The van der Waals surface area contributed by atoms with Crippen LogP contribution in [0.4, 0.5) is 0 Å². The fourth-order valence-electron chi connectivity index (χ4n) is 4.06. The van der Waals surface area contributed by atoms with Crippen LogP contribution in [0.15, 0.2) is 64.5 Å². The molecule has 0 amide bonds. The molecule has 0 fully saturated rings. The van der Waals surface area contributed by atoms with Crippen LogP contribution in [-0.4, -0.2) is 60.9 Å². The molecule has 211 valence electrons. The SMILES string of the molecule is CC(=O)c1ccco1.CC1=NCCCn2cccc21.CC1CCCCn2cccc21.CO.NCCCN.[B].[H-].[Na+]. The largest absolute Gasteiger partial charge is 1.00 e. The summed E-state index contributed by atoms with van der Waals surface area (Å²) < 4.78 is 9.42. The number of carbonyl (C=O) groups is 1. The number of nitrogens with two attached hydrogens (primary N) is 2. The van der Waals surface area contributed by atoms with Crippen LogP contribution in [0, 0.1) is 0 Å². The number of aromatic nitrogens is 2. The molecule has 0 aliphatic carbocycles. The standard InChI is InChI=1S/C10H15N.C9H12N2.C6H6O2.C3H10N2.CH4O.B.Na.H/c1-9-5-2-3-7-11-8-4-6-10(9)11;1-8-9-4-2-6-11(9)7-3-5-10-8;1-5(7)6-3-2-4-8-6;4-2-1-3-5;1-2;;;/h4,6,8-9H,2-3,5,7H2,1H3;2,4,6H,3,5,7H2,1H3;2-4H,1H3;1-5H2;2H,1H3;;;/q;;;;;;+1;-1. The van der Waals surface area contributed by atoms with Gasteiger partial charge in [-0.25, -0.2) is 0 Å². The van der Waals surface area contributed by atoms with E-state index in [0.29, 0.717) is 5.76 Å². The van der Waals surface area contributed by atoms with Crippen molar-refractivity contribution >= 4 is 19.9 Å². The van der Waals surface area contributed by atoms with Crippen LogP contribution in [0.3, 0.4) is 0 Å². The Morgan fingerprint density at radius 1 is 1.05 bits per heavy atom. The molecule has 0 spiro atoms. The molecule has 0 saturated heterocycles. The molecular formula is C29H48BN5NaO3. The summed E-state index contributed by atoms with van der Waals surface area (Å²) >= 11 is 0. The summed E-state index contributed by atoms with van der Waals surface area (Å²) in [4.78, 5) is 14.8. The third-order valence-electron chi connectivity index (χ3n) is 6.04. The van der Waals surface area contributed by atoms with Gasteiger partial charge in [0.1, 0.15) is 0 Å². The number of aryl methyl sites for hydroxylation is 2. The molecule has 0 bridgehead atoms. The van der Waals surface area contributed by atoms with E-state index in [1.54, 1.807) is 12.1 Å². The van der Waals surface area contributed by atoms with E-state index < -0.39 is 0 Å². The number of fused-ring (bicyclic) bond motifs is 2. The molecule has 0 saturated carbocycles. The third kappa shape index (κ3) is 14.9. The Balaban J connectivity index is -0.000000451. The van der Waals surface area contributed by atoms with E-state index in [1.165, 1.54) is 62.5 Å². The number of nitrogens with zero attached hydrogens (tertiary/aromatic N) is 3. The Hall–Kier alpha value is -1.88. The summed E-state index contributed by atoms with van der Waals surface area (Å²) in [6, 6.07) is 12.0. The van der Waals surface area contributed by atoms with Crippen LogP contribution >= 0.6 is 0 Å². The van der Waals surface area contributed by atoms with Gasteiger partial charge in [-0.05, 0) is 88.0 Å². The minimum Gasteiger partial charge on any atom is -1.00 e. The fourth-order valence-corrected chi connectivity index (χ4v) is 4.06. The van der Waals surface area contributed by atoms with Crippen molar-refractivity contribution < 1.29 is 45.3 Å². The second-order valence-corrected chi connectivity index (χ2v) is 8.90. The maximum atomic E-state index is 10.4. The van der Waals surface area contributed by atoms with Gasteiger partial charge >= 0.3 is 29.6 Å². The van der Waals surface area contributed by atoms with Gasteiger partial charge in [-0.2, -0.15) is 0 Å². The summed E-state index contributed by atoms with van der Waals surface area (Å²) in [5.41, 5.74) is 14.1. The zero-order valence-electron chi connectivity index (χ0n) is 25.7. The molecule has 39 heavy (non-hydrogen) atoms. The number of aliphatic imine (C=N–C) groups is 1. The first-order valence-corrected chi connectivity index (χ1v) is 13.2. The van der Waals surface area contributed by atoms with E-state index in [0.717, 1.165) is 45.6 Å². The summed E-state index contributed by atoms with van der Waals surface area (Å²) in [7, 11) is 1.00. The first-order valence-electron chi connectivity index (χ1n) is 13.2. The van der Waals surface area contributed by atoms with Crippen LogP contribution in [0.2, 0.25) is 0 Å². The Labute approximate surface area is 260 Å². The van der Waals surface area contributed by atoms with Gasteiger partial charge in [0, 0.05) is 60.2 Å². The molecule has 1 atom stereocenters. The van der Waals surface area contributed by atoms with E-state index >= 15 is 0 Å². The number of hydrogen-bond donors (Lipinski definition) is 3. The van der Waals surface area contributed by atoms with Gasteiger partial charge in [0.15, 0.2) is 11.5 Å². The van der Waals surface area contributed by atoms with Gasteiger partial charge < -0.3 is 31.6 Å². The monoisotopic (exact) mass is 548 g/mol. The predicted molar refractivity (Wildman–Crippen MR) is 159 cm³/mol. The molecule has 1 unspecified atom stereocenters. The first kappa shape index (κ1) is 39.3. The van der Waals surface area contributed by atoms with Gasteiger partial charge in [-0.3, -0.25) is 9.79 Å². The molecule has 8 nitrogen and oxygen atoms in total. The summed E-state index contributed by atoms with van der Waals surface area (Å²) in [6.45, 7) is 10.6. The number of hydrogen-bond acceptors (Lipinski definition) is 6. The second kappa shape index (κ2) is 24.0. The number of ketones is 1. The summed E-state index contributed by atoms with van der Waals surface area (Å²) in [5.74, 6) is 1.16. The second-order valence-electron chi connectivity index (χ2n) is 8.90. The molecule has 3 radical (unpaired) electrons. The number of furan rings is 1. The molecule has 3 aromatic heterocycles. The van der Waals surface area contributed by atoms with Gasteiger partial charge in [0.25, 0.3) is 0 Å². The minimum absolute atomic E-state index is 0. The molecule has 5 N–H and O–H groups in total. The van der Waals surface area contributed by atoms with Crippen LogP contribution < -0.4 is 41.0 Å². The van der Waals surface area contributed by atoms with Crippen molar-refractivity contribution in [1.29, 1.82) is 0 Å². The van der Waals surface area contributed by atoms with Gasteiger partial charge in [0.2, 0.25) is 0 Å². The van der Waals surface area contributed by atoms with Crippen molar-refractivity contribution in [3.05, 3.63) is 72.2 Å². The smallest absolute Gasteiger partial charge is 1.00 e. The number of aliphatic hydroxyl groups is 1. The van der Waals surface area contributed by atoms with E-state index in [4.69, 9.17) is 21.0 Å². The van der Waals surface area contributed by atoms with E-state index in [-0.39, 0.29) is 45.2 Å². The number of aliphatic hydroxyl groups excluding tert-OH is 1. The third-order valence-corrected chi connectivity index (χ3v) is 6.04.